The van der Waals surface area contributed by atoms with Gasteiger partial charge in [0.2, 0.25) is 0 Å². The third-order valence-electron chi connectivity index (χ3n) is 5.51. The molecule has 4 aliphatic rings. The monoisotopic (exact) mass is 260 g/mol. The second-order valence-electron chi connectivity index (χ2n) is 6.34. The summed E-state index contributed by atoms with van der Waals surface area (Å²) in [6.07, 6.45) is 1.67. The van der Waals surface area contributed by atoms with Crippen LogP contribution in [0.3, 0.4) is 0 Å². The van der Waals surface area contributed by atoms with E-state index in [9.17, 15) is 15.0 Å². The Bertz CT molecular complexity index is 614. The zero-order chi connectivity index (χ0) is 13.7. The Morgan fingerprint density at radius 2 is 2.21 bits per heavy atom. The Morgan fingerprint density at radius 1 is 1.53 bits per heavy atom. The lowest BCUT2D eigenvalue weighted by Crippen LogP contribution is -2.56. The highest BCUT2D eigenvalue weighted by Gasteiger charge is 2.70. The van der Waals surface area contributed by atoms with Crippen LogP contribution >= 0.6 is 0 Å². The van der Waals surface area contributed by atoms with Gasteiger partial charge in [0.25, 0.3) is 5.79 Å². The van der Waals surface area contributed by atoms with Crippen molar-refractivity contribution in [1.29, 1.82) is 0 Å². The first-order chi connectivity index (χ1) is 8.81. The van der Waals surface area contributed by atoms with Crippen LogP contribution in [0.1, 0.15) is 20.3 Å². The van der Waals surface area contributed by atoms with E-state index < -0.39 is 23.3 Å². The first-order valence-corrected chi connectivity index (χ1v) is 6.58. The first-order valence-electron chi connectivity index (χ1n) is 6.58. The summed E-state index contributed by atoms with van der Waals surface area (Å²) in [7, 11) is 0. The Morgan fingerprint density at radius 3 is 2.89 bits per heavy atom. The van der Waals surface area contributed by atoms with E-state index in [2.05, 4.69) is 6.58 Å². The highest BCUT2D eigenvalue weighted by atomic mass is 16.7. The molecule has 1 aliphatic heterocycles. The second-order valence-corrected chi connectivity index (χ2v) is 6.34. The summed E-state index contributed by atoms with van der Waals surface area (Å²) in [5.41, 5.74) is 2.20. The summed E-state index contributed by atoms with van der Waals surface area (Å²) >= 11 is 0. The lowest BCUT2D eigenvalue weighted by Gasteiger charge is -2.45. The SMILES string of the molecule is C=C1C2=CC3=C(C)C(=O)O[C@]3(O)[C@H](O)[C@@]2(C)[C@@H]2C[C@H]12. The number of aliphatic hydroxyl groups excluding tert-OH is 1. The molecule has 0 bridgehead atoms. The molecule has 4 heteroatoms. The van der Waals surface area contributed by atoms with E-state index in [0.717, 1.165) is 17.6 Å². The number of esters is 1. The van der Waals surface area contributed by atoms with Gasteiger partial charge in [-0.25, -0.2) is 4.79 Å². The van der Waals surface area contributed by atoms with Gasteiger partial charge in [0, 0.05) is 16.6 Å². The fourth-order valence-corrected chi connectivity index (χ4v) is 4.20. The summed E-state index contributed by atoms with van der Waals surface area (Å²) < 4.78 is 5.07. The molecule has 4 nitrogen and oxygen atoms in total. The standard InChI is InChI=1S/C15H16O4/c1-6-8-4-11(8)14(3)9(6)5-10-7(2)12(16)19-15(10,18)13(14)17/h5,8,11,13,17-18H,1,4H2,2-3H3/t8-,11-,13-,14-,15+/m1/s1. The largest absolute Gasteiger partial charge is 0.422 e. The van der Waals surface area contributed by atoms with E-state index in [0.29, 0.717) is 23.0 Å². The predicted molar refractivity (Wildman–Crippen MR) is 66.7 cm³/mol. The van der Waals surface area contributed by atoms with Crippen molar-refractivity contribution in [1.82, 2.24) is 0 Å². The maximum Gasteiger partial charge on any atom is 0.337 e. The number of allylic oxidation sites excluding steroid dienone is 1. The molecule has 0 spiro atoms. The molecule has 3 aliphatic carbocycles. The van der Waals surface area contributed by atoms with E-state index in [1.165, 1.54) is 0 Å². The third-order valence-corrected chi connectivity index (χ3v) is 5.51. The molecule has 0 aromatic carbocycles. The molecular weight excluding hydrogens is 244 g/mol. The fraction of sp³-hybridized carbons (Fsp3) is 0.533. The van der Waals surface area contributed by atoms with Crippen LogP contribution in [0.5, 0.6) is 0 Å². The number of fused-ring (bicyclic) bond motifs is 4. The van der Waals surface area contributed by atoms with E-state index in [4.69, 9.17) is 4.74 Å². The molecule has 2 saturated carbocycles. The van der Waals surface area contributed by atoms with Crippen molar-refractivity contribution in [3.05, 3.63) is 34.9 Å². The van der Waals surface area contributed by atoms with Crippen molar-refractivity contribution < 1.29 is 19.7 Å². The molecule has 19 heavy (non-hydrogen) atoms. The number of hydrogen-bond donors (Lipinski definition) is 2. The van der Waals surface area contributed by atoms with Crippen LogP contribution in [-0.2, 0) is 9.53 Å². The van der Waals surface area contributed by atoms with Crippen LogP contribution in [0.25, 0.3) is 0 Å². The number of carbonyl (C=O) groups excluding carboxylic acids is 1. The molecule has 100 valence electrons. The van der Waals surface area contributed by atoms with Crippen LogP contribution in [0.2, 0.25) is 0 Å². The molecule has 0 amide bonds. The molecular formula is C15H16O4. The summed E-state index contributed by atoms with van der Waals surface area (Å²) in [4.78, 5) is 11.7. The van der Waals surface area contributed by atoms with Gasteiger partial charge < -0.3 is 14.9 Å². The highest BCUT2D eigenvalue weighted by Crippen LogP contribution is 2.71. The molecule has 0 saturated heterocycles. The third kappa shape index (κ3) is 0.998. The average molecular weight is 260 g/mol. The Hall–Kier alpha value is -1.39. The van der Waals surface area contributed by atoms with E-state index in [-0.39, 0.29) is 0 Å². The van der Waals surface area contributed by atoms with Crippen LogP contribution in [0.15, 0.2) is 34.9 Å². The van der Waals surface area contributed by atoms with Crippen molar-refractivity contribution in [2.75, 3.05) is 0 Å². The van der Waals surface area contributed by atoms with Crippen LogP contribution in [0.4, 0.5) is 0 Å². The summed E-state index contributed by atoms with van der Waals surface area (Å²) in [6.45, 7) is 7.66. The van der Waals surface area contributed by atoms with Gasteiger partial charge in [-0.2, -0.15) is 0 Å². The maximum atomic E-state index is 11.7. The molecule has 5 atom stereocenters. The van der Waals surface area contributed by atoms with Crippen LogP contribution < -0.4 is 0 Å². The van der Waals surface area contributed by atoms with Gasteiger partial charge in [-0.1, -0.05) is 13.5 Å². The summed E-state index contributed by atoms with van der Waals surface area (Å²) in [5.74, 6) is -1.75. The molecule has 0 aromatic heterocycles. The minimum atomic E-state index is -1.89. The van der Waals surface area contributed by atoms with Crippen LogP contribution in [-0.4, -0.2) is 28.1 Å². The minimum absolute atomic E-state index is 0.298. The average Bonchev–Trinajstić information content (AvgIpc) is 3.07. The summed E-state index contributed by atoms with van der Waals surface area (Å²) in [6, 6.07) is 0. The number of rotatable bonds is 0. The molecule has 2 fully saturated rings. The minimum Gasteiger partial charge on any atom is -0.422 e. The van der Waals surface area contributed by atoms with Gasteiger partial charge in [0.1, 0.15) is 6.10 Å². The zero-order valence-corrected chi connectivity index (χ0v) is 10.9. The van der Waals surface area contributed by atoms with E-state index in [1.807, 2.05) is 6.92 Å². The van der Waals surface area contributed by atoms with Crippen molar-refractivity contribution in [2.24, 2.45) is 17.3 Å². The number of hydrogen-bond acceptors (Lipinski definition) is 4. The van der Waals surface area contributed by atoms with Crippen LogP contribution in [0, 0.1) is 17.3 Å². The molecule has 0 unspecified atom stereocenters. The van der Waals surface area contributed by atoms with Crippen molar-refractivity contribution in [3.8, 4) is 0 Å². The number of ether oxygens (including phenoxy) is 1. The smallest absolute Gasteiger partial charge is 0.337 e. The number of aliphatic hydroxyl groups is 2. The van der Waals surface area contributed by atoms with Crippen molar-refractivity contribution in [2.45, 2.75) is 32.2 Å². The Kier molecular flexibility index (Phi) is 1.72. The normalized spacial score (nSPS) is 50.5. The molecule has 1 heterocycles. The topological polar surface area (TPSA) is 66.8 Å². The molecule has 0 radical (unpaired) electrons. The van der Waals surface area contributed by atoms with Crippen molar-refractivity contribution in [3.63, 3.8) is 0 Å². The zero-order valence-electron chi connectivity index (χ0n) is 10.9. The fourth-order valence-electron chi connectivity index (χ4n) is 4.20. The summed E-state index contributed by atoms with van der Waals surface area (Å²) in [5, 5.41) is 21.3. The van der Waals surface area contributed by atoms with Gasteiger partial charge in [-0.3, -0.25) is 0 Å². The number of carbonyl (C=O) groups is 1. The van der Waals surface area contributed by atoms with E-state index in [1.54, 1.807) is 13.0 Å². The lowest BCUT2D eigenvalue weighted by molar-refractivity contribution is -0.236. The second kappa shape index (κ2) is 2.86. The molecule has 2 N–H and O–H groups in total. The molecule has 4 rings (SSSR count). The van der Waals surface area contributed by atoms with Gasteiger partial charge in [-0.15, -0.1) is 0 Å². The van der Waals surface area contributed by atoms with Crippen molar-refractivity contribution >= 4 is 5.97 Å². The van der Waals surface area contributed by atoms with Gasteiger partial charge in [-0.05, 0) is 42.4 Å². The van der Waals surface area contributed by atoms with E-state index >= 15 is 0 Å². The molecule has 0 aromatic rings. The van der Waals surface area contributed by atoms with Gasteiger partial charge in [0.15, 0.2) is 0 Å². The quantitative estimate of drug-likeness (QED) is 0.639. The lowest BCUT2D eigenvalue weighted by atomic mass is 9.66. The Balaban J connectivity index is 1.99. The maximum absolute atomic E-state index is 11.7. The first kappa shape index (κ1) is 11.4. The predicted octanol–water partition coefficient (Wildman–Crippen LogP) is 1.06. The Labute approximate surface area is 111 Å². The highest BCUT2D eigenvalue weighted by molar-refractivity contribution is 5.93. The van der Waals surface area contributed by atoms with Gasteiger partial charge in [0.05, 0.1) is 0 Å². The van der Waals surface area contributed by atoms with Gasteiger partial charge >= 0.3 is 5.97 Å².